The van der Waals surface area contributed by atoms with Gasteiger partial charge in [0, 0.05) is 18.2 Å². The molecule has 2 rings (SSSR count). The molecule has 6 heteroatoms. The third-order valence-corrected chi connectivity index (χ3v) is 3.03. The molecular formula is C15H21N3O3. The van der Waals surface area contributed by atoms with Gasteiger partial charge >= 0.3 is 0 Å². The molecule has 6 nitrogen and oxygen atoms in total. The number of hydrogen-bond acceptors (Lipinski definition) is 5. The summed E-state index contributed by atoms with van der Waals surface area (Å²) in [4.78, 5) is 4.16. The van der Waals surface area contributed by atoms with Crippen LogP contribution in [-0.4, -0.2) is 26.5 Å². The average Bonchev–Trinajstić information content (AvgIpc) is 2.98. The molecule has 0 unspecified atom stereocenters. The molecule has 0 aliphatic rings. The van der Waals surface area contributed by atoms with E-state index >= 15 is 0 Å². The lowest BCUT2D eigenvalue weighted by molar-refractivity contribution is 0.250. The standard InChI is InChI=1S/C15H21N3O3/c1-3-7-20-13-6-5-12(9-19)14(8-13)21-10-15-16-11-17-18(15)4-2/h5-6,8,11,19H,3-4,7,9-10H2,1-2H3. The van der Waals surface area contributed by atoms with E-state index < -0.39 is 0 Å². The molecule has 1 N–H and O–H groups in total. The van der Waals surface area contributed by atoms with Crippen LogP contribution < -0.4 is 9.47 Å². The zero-order valence-electron chi connectivity index (χ0n) is 12.5. The van der Waals surface area contributed by atoms with Crippen molar-refractivity contribution >= 4 is 0 Å². The fourth-order valence-electron chi connectivity index (χ4n) is 1.92. The Morgan fingerprint density at radius 2 is 2.10 bits per heavy atom. The van der Waals surface area contributed by atoms with E-state index in [1.807, 2.05) is 19.1 Å². The van der Waals surface area contributed by atoms with Crippen molar-refractivity contribution in [2.75, 3.05) is 6.61 Å². The minimum atomic E-state index is -0.0795. The second kappa shape index (κ2) is 7.64. The monoisotopic (exact) mass is 291 g/mol. The first kappa shape index (κ1) is 15.3. The van der Waals surface area contributed by atoms with Crippen molar-refractivity contribution in [1.82, 2.24) is 14.8 Å². The van der Waals surface area contributed by atoms with Gasteiger partial charge < -0.3 is 14.6 Å². The van der Waals surface area contributed by atoms with Gasteiger partial charge in [0.1, 0.15) is 24.4 Å². The predicted octanol–water partition coefficient (Wildman–Crippen LogP) is 2.16. The Hall–Kier alpha value is -2.08. The zero-order valence-corrected chi connectivity index (χ0v) is 12.5. The molecule has 0 aliphatic heterocycles. The maximum absolute atomic E-state index is 9.39. The normalized spacial score (nSPS) is 10.6. The van der Waals surface area contributed by atoms with Gasteiger partial charge in [-0.05, 0) is 25.5 Å². The molecule has 114 valence electrons. The Balaban J connectivity index is 2.09. The lowest BCUT2D eigenvalue weighted by Gasteiger charge is -2.12. The van der Waals surface area contributed by atoms with Gasteiger partial charge in [0.15, 0.2) is 5.82 Å². The number of ether oxygens (including phenoxy) is 2. The van der Waals surface area contributed by atoms with Crippen molar-refractivity contribution in [1.29, 1.82) is 0 Å². The topological polar surface area (TPSA) is 69.4 Å². The van der Waals surface area contributed by atoms with Crippen LogP contribution in [0.15, 0.2) is 24.5 Å². The fraction of sp³-hybridized carbons (Fsp3) is 0.467. The van der Waals surface area contributed by atoms with Crippen LogP contribution in [0.25, 0.3) is 0 Å². The van der Waals surface area contributed by atoms with E-state index in [2.05, 4.69) is 17.0 Å². The Kier molecular flexibility index (Phi) is 5.57. The van der Waals surface area contributed by atoms with Crippen molar-refractivity contribution in [3.8, 4) is 11.5 Å². The highest BCUT2D eigenvalue weighted by Crippen LogP contribution is 2.26. The van der Waals surface area contributed by atoms with Gasteiger partial charge in [-0.2, -0.15) is 5.10 Å². The summed E-state index contributed by atoms with van der Waals surface area (Å²) >= 11 is 0. The summed E-state index contributed by atoms with van der Waals surface area (Å²) in [5.74, 6) is 2.10. The minimum absolute atomic E-state index is 0.0795. The third kappa shape index (κ3) is 3.95. The van der Waals surface area contributed by atoms with E-state index in [0.717, 1.165) is 30.1 Å². The first-order chi connectivity index (χ1) is 10.3. The van der Waals surface area contributed by atoms with Gasteiger partial charge in [-0.3, -0.25) is 0 Å². The van der Waals surface area contributed by atoms with Crippen LogP contribution in [0.5, 0.6) is 11.5 Å². The quantitative estimate of drug-likeness (QED) is 0.807. The molecule has 0 amide bonds. The summed E-state index contributed by atoms with van der Waals surface area (Å²) in [5.41, 5.74) is 0.724. The Bertz CT molecular complexity index is 569. The maximum Gasteiger partial charge on any atom is 0.164 e. The van der Waals surface area contributed by atoms with Gasteiger partial charge in [0.2, 0.25) is 0 Å². The number of aliphatic hydroxyl groups is 1. The number of nitrogens with zero attached hydrogens (tertiary/aromatic N) is 3. The van der Waals surface area contributed by atoms with Crippen molar-refractivity contribution in [2.24, 2.45) is 0 Å². The number of aryl methyl sites for hydroxylation is 1. The van der Waals surface area contributed by atoms with Gasteiger partial charge in [-0.15, -0.1) is 0 Å². The highest BCUT2D eigenvalue weighted by Gasteiger charge is 2.08. The van der Waals surface area contributed by atoms with Crippen molar-refractivity contribution in [3.63, 3.8) is 0 Å². The van der Waals surface area contributed by atoms with Crippen LogP contribution in [-0.2, 0) is 19.8 Å². The molecule has 2 aromatic rings. The van der Waals surface area contributed by atoms with E-state index in [1.165, 1.54) is 6.33 Å². The Morgan fingerprint density at radius 1 is 1.24 bits per heavy atom. The SMILES string of the molecule is CCCOc1ccc(CO)c(OCc2ncnn2CC)c1. The van der Waals surface area contributed by atoms with E-state index in [0.29, 0.717) is 19.0 Å². The number of hydrogen-bond donors (Lipinski definition) is 1. The fourth-order valence-corrected chi connectivity index (χ4v) is 1.92. The molecule has 0 spiro atoms. The van der Waals surface area contributed by atoms with Gasteiger partial charge in [-0.1, -0.05) is 6.92 Å². The van der Waals surface area contributed by atoms with Crippen LogP contribution in [0, 0.1) is 0 Å². The lowest BCUT2D eigenvalue weighted by atomic mass is 10.2. The lowest BCUT2D eigenvalue weighted by Crippen LogP contribution is -2.08. The van der Waals surface area contributed by atoms with Crippen molar-refractivity contribution in [3.05, 3.63) is 35.9 Å². The van der Waals surface area contributed by atoms with E-state index in [9.17, 15) is 5.11 Å². The predicted molar refractivity (Wildman–Crippen MR) is 78.2 cm³/mol. The highest BCUT2D eigenvalue weighted by atomic mass is 16.5. The number of aromatic nitrogens is 3. The van der Waals surface area contributed by atoms with Crippen LogP contribution in [0.3, 0.4) is 0 Å². The van der Waals surface area contributed by atoms with E-state index in [1.54, 1.807) is 10.7 Å². The number of benzene rings is 1. The molecular weight excluding hydrogens is 270 g/mol. The smallest absolute Gasteiger partial charge is 0.164 e. The molecule has 1 aromatic heterocycles. The molecule has 0 saturated heterocycles. The average molecular weight is 291 g/mol. The third-order valence-electron chi connectivity index (χ3n) is 3.03. The molecule has 21 heavy (non-hydrogen) atoms. The maximum atomic E-state index is 9.39. The van der Waals surface area contributed by atoms with Gasteiger partial charge in [0.25, 0.3) is 0 Å². The molecule has 0 radical (unpaired) electrons. The summed E-state index contributed by atoms with van der Waals surface area (Å²) in [7, 11) is 0. The Morgan fingerprint density at radius 3 is 2.81 bits per heavy atom. The second-order valence-corrected chi connectivity index (χ2v) is 4.56. The summed E-state index contributed by atoms with van der Waals surface area (Å²) < 4.78 is 13.1. The minimum Gasteiger partial charge on any atom is -0.493 e. The summed E-state index contributed by atoms with van der Waals surface area (Å²) in [5, 5.41) is 13.5. The van der Waals surface area contributed by atoms with Crippen LogP contribution >= 0.6 is 0 Å². The van der Waals surface area contributed by atoms with Gasteiger partial charge in [-0.25, -0.2) is 9.67 Å². The molecule has 0 fully saturated rings. The molecule has 0 aliphatic carbocycles. The molecule has 0 atom stereocenters. The van der Waals surface area contributed by atoms with Crippen molar-refractivity contribution in [2.45, 2.75) is 40.0 Å². The summed E-state index contributed by atoms with van der Waals surface area (Å²) in [6.07, 6.45) is 2.45. The van der Waals surface area contributed by atoms with E-state index in [4.69, 9.17) is 9.47 Å². The molecule has 0 saturated carbocycles. The summed E-state index contributed by atoms with van der Waals surface area (Å²) in [6, 6.07) is 5.45. The van der Waals surface area contributed by atoms with E-state index in [-0.39, 0.29) is 6.61 Å². The van der Waals surface area contributed by atoms with Crippen LogP contribution in [0.2, 0.25) is 0 Å². The largest absolute Gasteiger partial charge is 0.493 e. The number of aliphatic hydroxyl groups excluding tert-OH is 1. The van der Waals surface area contributed by atoms with Crippen LogP contribution in [0.1, 0.15) is 31.7 Å². The van der Waals surface area contributed by atoms with Crippen molar-refractivity contribution < 1.29 is 14.6 Å². The highest BCUT2D eigenvalue weighted by molar-refractivity contribution is 5.40. The van der Waals surface area contributed by atoms with Crippen LogP contribution in [0.4, 0.5) is 0 Å². The molecule has 1 aromatic carbocycles. The second-order valence-electron chi connectivity index (χ2n) is 4.56. The number of rotatable bonds is 8. The molecule has 0 bridgehead atoms. The first-order valence-electron chi connectivity index (χ1n) is 7.14. The molecule has 1 heterocycles. The summed E-state index contributed by atoms with van der Waals surface area (Å²) in [6.45, 7) is 5.67. The Labute approximate surface area is 124 Å². The zero-order chi connectivity index (χ0) is 15.1. The van der Waals surface area contributed by atoms with Gasteiger partial charge in [0.05, 0.1) is 13.2 Å². The first-order valence-corrected chi connectivity index (χ1v) is 7.14.